The number of phenols is 1. The van der Waals surface area contributed by atoms with Crippen molar-refractivity contribution in [1.29, 1.82) is 0 Å². The Kier molecular flexibility index (Phi) is 6.67. The van der Waals surface area contributed by atoms with Gasteiger partial charge in [-0.3, -0.25) is 9.59 Å². The van der Waals surface area contributed by atoms with E-state index in [0.29, 0.717) is 0 Å². The van der Waals surface area contributed by atoms with Gasteiger partial charge in [-0.05, 0) is 19.1 Å². The van der Waals surface area contributed by atoms with E-state index < -0.39 is 59.6 Å². The molecule has 1 aliphatic heterocycles. The summed E-state index contributed by atoms with van der Waals surface area (Å²) in [6.45, 7) is 3.69. The van der Waals surface area contributed by atoms with Crippen LogP contribution < -0.4 is 25.5 Å². The zero-order valence-corrected chi connectivity index (χ0v) is 21.8. The maximum absolute atomic E-state index is 13.1. The first kappa shape index (κ1) is 27.0. The van der Waals surface area contributed by atoms with Crippen LogP contribution in [0.5, 0.6) is 23.0 Å². The topological polar surface area (TPSA) is 190 Å². The monoisotopic (exact) mass is 560 g/mol. The SMILES string of the molecule is COc1cc2c(=O)oc3c(O[C@@H]4O[C@@H](C)[C@H](O)[C@@H](OC(C)=O)[C@H]4OC(C)=O)c(OC)cc4c(=O)oc(c1O)c2c34. The molecule has 0 saturated carbocycles. The summed E-state index contributed by atoms with van der Waals surface area (Å²) in [6, 6.07) is 2.51. The largest absolute Gasteiger partial charge is 0.502 e. The Hall–Kier alpha value is -4.56. The van der Waals surface area contributed by atoms with E-state index in [1.54, 1.807) is 0 Å². The molecule has 14 heteroatoms. The number of hydrogen-bond acceptors (Lipinski definition) is 14. The number of benzene rings is 2. The van der Waals surface area contributed by atoms with Crippen LogP contribution in [0.4, 0.5) is 0 Å². The van der Waals surface area contributed by atoms with Crippen molar-refractivity contribution in [3.05, 3.63) is 33.0 Å². The van der Waals surface area contributed by atoms with E-state index in [-0.39, 0.29) is 50.0 Å². The highest BCUT2D eigenvalue weighted by atomic mass is 16.7. The Labute approximate surface area is 223 Å². The van der Waals surface area contributed by atoms with E-state index >= 15 is 0 Å². The van der Waals surface area contributed by atoms with Gasteiger partial charge in [0.05, 0.1) is 31.1 Å². The predicted molar refractivity (Wildman–Crippen MR) is 134 cm³/mol. The summed E-state index contributed by atoms with van der Waals surface area (Å²) in [4.78, 5) is 49.8. The van der Waals surface area contributed by atoms with Crippen LogP contribution in [-0.2, 0) is 23.8 Å². The number of carbonyl (C=O) groups is 2. The van der Waals surface area contributed by atoms with Crippen LogP contribution in [0.2, 0.25) is 0 Å². The van der Waals surface area contributed by atoms with Crippen LogP contribution in [0.25, 0.3) is 32.7 Å². The van der Waals surface area contributed by atoms with Gasteiger partial charge in [-0.15, -0.1) is 0 Å². The second kappa shape index (κ2) is 9.88. The maximum Gasteiger partial charge on any atom is 0.344 e. The zero-order valence-electron chi connectivity index (χ0n) is 21.8. The lowest BCUT2D eigenvalue weighted by atomic mass is 9.99. The molecule has 0 amide bonds. The molecule has 4 aromatic rings. The molecular formula is C26H24O14. The fourth-order valence-corrected chi connectivity index (χ4v) is 4.81. The molecule has 2 N–H and O–H groups in total. The minimum Gasteiger partial charge on any atom is -0.502 e. The lowest BCUT2D eigenvalue weighted by Gasteiger charge is -2.42. The maximum atomic E-state index is 13.1. The second-order valence-corrected chi connectivity index (χ2v) is 9.08. The smallest absolute Gasteiger partial charge is 0.344 e. The fraction of sp³-hybridized carbons (Fsp3) is 0.385. The van der Waals surface area contributed by atoms with E-state index in [0.717, 1.165) is 13.8 Å². The quantitative estimate of drug-likeness (QED) is 0.196. The van der Waals surface area contributed by atoms with Gasteiger partial charge in [-0.25, -0.2) is 9.59 Å². The molecule has 14 nitrogen and oxygen atoms in total. The standard InChI is InChI=1S/C26H24O14/c1-8-17(29)22(36-9(2)27)23(37-10(3)28)26(35-8)40-19-14(34-5)7-12-16-15-11(25(32)39-21(16)19)6-13(33-4)18(30)20(15)38-24(12)31/h6-8,17,22-23,26,29-30H,1-5H3/t8-,17-,22+,23+,26-/m0/s1. The third-order valence-corrected chi connectivity index (χ3v) is 6.54. The predicted octanol–water partition coefficient (Wildman–Crippen LogP) is 1.56. The van der Waals surface area contributed by atoms with Crippen molar-refractivity contribution < 1.29 is 57.1 Å². The second-order valence-electron chi connectivity index (χ2n) is 9.08. The van der Waals surface area contributed by atoms with Gasteiger partial charge >= 0.3 is 23.2 Å². The van der Waals surface area contributed by atoms with Crippen LogP contribution in [-0.4, -0.2) is 67.1 Å². The Bertz CT molecular complexity index is 1750. The van der Waals surface area contributed by atoms with Gasteiger partial charge in [0.1, 0.15) is 6.10 Å². The number of methoxy groups -OCH3 is 2. The molecular weight excluding hydrogens is 536 g/mol. The van der Waals surface area contributed by atoms with Crippen molar-refractivity contribution >= 4 is 44.6 Å². The molecule has 5 atom stereocenters. The number of phenolic OH excluding ortho intramolecular Hbond substituents is 1. The third-order valence-electron chi connectivity index (χ3n) is 6.54. The molecule has 212 valence electrons. The summed E-state index contributed by atoms with van der Waals surface area (Å²) in [5, 5.41) is 21.3. The molecule has 1 aliphatic rings. The number of esters is 2. The van der Waals surface area contributed by atoms with Crippen molar-refractivity contribution in [3.63, 3.8) is 0 Å². The summed E-state index contributed by atoms with van der Waals surface area (Å²) in [6.07, 6.45) is -6.74. The highest BCUT2D eigenvalue weighted by Gasteiger charge is 2.49. The summed E-state index contributed by atoms with van der Waals surface area (Å²) < 4.78 is 43.8. The molecule has 1 saturated heterocycles. The minimum atomic E-state index is -1.52. The molecule has 2 aromatic carbocycles. The molecule has 5 rings (SSSR count). The molecule has 3 heterocycles. The average Bonchev–Trinajstić information content (AvgIpc) is 2.89. The molecule has 0 radical (unpaired) electrons. The van der Waals surface area contributed by atoms with Gasteiger partial charge in [-0.2, -0.15) is 0 Å². The first-order valence-corrected chi connectivity index (χ1v) is 11.9. The highest BCUT2D eigenvalue weighted by molar-refractivity contribution is 6.22. The number of rotatable bonds is 6. The summed E-state index contributed by atoms with van der Waals surface area (Å²) in [5.41, 5.74) is -2.38. The molecule has 2 aromatic heterocycles. The first-order chi connectivity index (χ1) is 19.0. The lowest BCUT2D eigenvalue weighted by Crippen LogP contribution is -2.60. The molecule has 0 bridgehead atoms. The molecule has 0 aliphatic carbocycles. The number of carbonyl (C=O) groups excluding carboxylic acids is 2. The van der Waals surface area contributed by atoms with Crippen LogP contribution >= 0.6 is 0 Å². The van der Waals surface area contributed by atoms with Crippen molar-refractivity contribution in [2.24, 2.45) is 0 Å². The van der Waals surface area contributed by atoms with Gasteiger partial charge in [-0.1, -0.05) is 0 Å². The van der Waals surface area contributed by atoms with Gasteiger partial charge in [0.2, 0.25) is 23.9 Å². The zero-order chi connectivity index (χ0) is 29.0. The van der Waals surface area contributed by atoms with Crippen LogP contribution in [0.1, 0.15) is 20.8 Å². The van der Waals surface area contributed by atoms with Crippen LogP contribution in [0.3, 0.4) is 0 Å². The van der Waals surface area contributed by atoms with Crippen molar-refractivity contribution in [3.8, 4) is 23.0 Å². The van der Waals surface area contributed by atoms with Gasteiger partial charge < -0.3 is 47.5 Å². The fourth-order valence-electron chi connectivity index (χ4n) is 4.81. The lowest BCUT2D eigenvalue weighted by molar-refractivity contribution is -0.277. The van der Waals surface area contributed by atoms with Gasteiger partial charge in [0.25, 0.3) is 0 Å². The summed E-state index contributed by atoms with van der Waals surface area (Å²) in [7, 11) is 2.52. The minimum absolute atomic E-state index is 0.0503. The van der Waals surface area contributed by atoms with E-state index in [1.165, 1.54) is 33.3 Å². The Morgan fingerprint density at radius 3 is 1.95 bits per heavy atom. The van der Waals surface area contributed by atoms with Crippen LogP contribution in [0.15, 0.2) is 30.6 Å². The normalized spacial score (nSPS) is 22.9. The Balaban J connectivity index is 1.77. The Morgan fingerprint density at radius 1 is 0.850 bits per heavy atom. The summed E-state index contributed by atoms with van der Waals surface area (Å²) >= 11 is 0. The number of ether oxygens (including phenoxy) is 6. The van der Waals surface area contributed by atoms with Crippen molar-refractivity contribution in [2.75, 3.05) is 14.2 Å². The highest BCUT2D eigenvalue weighted by Crippen LogP contribution is 2.46. The van der Waals surface area contributed by atoms with Crippen molar-refractivity contribution in [2.45, 2.75) is 51.5 Å². The Morgan fingerprint density at radius 2 is 1.38 bits per heavy atom. The molecule has 40 heavy (non-hydrogen) atoms. The van der Waals surface area contributed by atoms with Gasteiger partial charge in [0.15, 0.2) is 28.8 Å². The first-order valence-electron chi connectivity index (χ1n) is 11.9. The van der Waals surface area contributed by atoms with Crippen LogP contribution in [0, 0.1) is 0 Å². The van der Waals surface area contributed by atoms with E-state index in [2.05, 4.69) is 0 Å². The van der Waals surface area contributed by atoms with Crippen molar-refractivity contribution in [1.82, 2.24) is 0 Å². The molecule has 1 fully saturated rings. The average molecular weight is 560 g/mol. The van der Waals surface area contributed by atoms with E-state index in [9.17, 15) is 29.4 Å². The molecule has 0 spiro atoms. The summed E-state index contributed by atoms with van der Waals surface area (Å²) in [5.74, 6) is -2.55. The third kappa shape index (κ3) is 4.21. The molecule has 0 unspecified atom stereocenters. The number of aromatic hydroxyl groups is 1. The number of aliphatic hydroxyl groups is 1. The number of aliphatic hydroxyl groups excluding tert-OH is 1. The van der Waals surface area contributed by atoms with E-state index in [4.69, 9.17) is 37.3 Å². The van der Waals surface area contributed by atoms with Gasteiger partial charge in [0, 0.05) is 24.6 Å². The number of hydrogen-bond donors (Lipinski definition) is 2. The van der Waals surface area contributed by atoms with E-state index in [1.807, 2.05) is 0 Å².